The molecule has 6 N–H and O–H groups in total. The molecule has 0 aliphatic heterocycles. The van der Waals surface area contributed by atoms with Gasteiger partial charge in [-0.3, -0.25) is 19.4 Å². The Morgan fingerprint density at radius 2 is 1.81 bits per heavy atom. The molecule has 0 saturated heterocycles. The molecule has 0 bridgehead atoms. The van der Waals surface area contributed by atoms with Crippen molar-refractivity contribution in [2.45, 2.75) is 31.7 Å². The van der Waals surface area contributed by atoms with Crippen LogP contribution in [0.1, 0.15) is 34.5 Å². The predicted molar refractivity (Wildman–Crippen MR) is 112 cm³/mol. The van der Waals surface area contributed by atoms with Crippen molar-refractivity contribution in [3.8, 4) is 0 Å². The Balaban J connectivity index is 1.62. The van der Waals surface area contributed by atoms with Crippen molar-refractivity contribution >= 4 is 35.0 Å². The number of benzene rings is 1. The number of aryl methyl sites for hydroxylation is 2. The molecule has 0 radical (unpaired) electrons. The largest absolute Gasteiger partial charge is 0.481 e. The van der Waals surface area contributed by atoms with Crippen LogP contribution >= 0.6 is 0 Å². The first-order valence-electron chi connectivity index (χ1n) is 9.58. The van der Waals surface area contributed by atoms with E-state index in [1.807, 2.05) is 0 Å². The number of hydrogen-bond acceptors (Lipinski definition) is 8. The summed E-state index contributed by atoms with van der Waals surface area (Å²) in [6, 6.07) is 5.23. The molecule has 0 spiro atoms. The van der Waals surface area contributed by atoms with Gasteiger partial charge in [-0.15, -0.1) is 0 Å². The zero-order valence-corrected chi connectivity index (χ0v) is 16.7. The highest BCUT2D eigenvalue weighted by Gasteiger charge is 2.21. The number of fused-ring (bicyclic) bond motifs is 1. The van der Waals surface area contributed by atoms with Crippen LogP contribution in [-0.2, 0) is 22.4 Å². The predicted octanol–water partition coefficient (Wildman–Crippen LogP) is 0.128. The minimum Gasteiger partial charge on any atom is -0.481 e. The van der Waals surface area contributed by atoms with Crippen molar-refractivity contribution in [3.63, 3.8) is 0 Å². The summed E-state index contributed by atoms with van der Waals surface area (Å²) in [4.78, 5) is 60.8. The lowest BCUT2D eigenvalue weighted by molar-refractivity contribution is -0.140. The molecule has 32 heavy (non-hydrogen) atoms. The van der Waals surface area contributed by atoms with Crippen LogP contribution in [-0.4, -0.2) is 54.0 Å². The lowest BCUT2D eigenvalue weighted by Crippen LogP contribution is -2.41. The van der Waals surface area contributed by atoms with Gasteiger partial charge in [-0.1, -0.05) is 12.1 Å². The summed E-state index contributed by atoms with van der Waals surface area (Å²) in [6.07, 6.45) is 1.96. The monoisotopic (exact) mass is 440 g/mol. The minimum atomic E-state index is -1.30. The molecule has 0 unspecified atom stereocenters. The topological polar surface area (TPSA) is 201 Å². The highest BCUT2D eigenvalue weighted by Crippen LogP contribution is 2.10. The van der Waals surface area contributed by atoms with Crippen LogP contribution in [0.2, 0.25) is 0 Å². The molecule has 3 rings (SSSR count). The van der Waals surface area contributed by atoms with Gasteiger partial charge < -0.3 is 21.3 Å². The number of carboxylic acid groups (broad SMARTS) is 2. The van der Waals surface area contributed by atoms with Crippen molar-refractivity contribution < 1.29 is 24.6 Å². The van der Waals surface area contributed by atoms with Gasteiger partial charge in [0.2, 0.25) is 5.95 Å². The van der Waals surface area contributed by atoms with Crippen LogP contribution in [0.3, 0.4) is 0 Å². The smallest absolute Gasteiger partial charge is 0.326 e. The van der Waals surface area contributed by atoms with Crippen LogP contribution in [0.15, 0.2) is 35.3 Å². The van der Waals surface area contributed by atoms with Gasteiger partial charge in [0.25, 0.3) is 11.5 Å². The van der Waals surface area contributed by atoms with Crippen LogP contribution in [0, 0.1) is 0 Å². The first kappa shape index (κ1) is 22.3. The summed E-state index contributed by atoms with van der Waals surface area (Å²) in [7, 11) is 0. The third-order valence-corrected chi connectivity index (χ3v) is 4.62. The maximum atomic E-state index is 12.3. The summed E-state index contributed by atoms with van der Waals surface area (Å²) < 4.78 is 0. The zero-order chi connectivity index (χ0) is 23.3. The number of aromatic amines is 1. The van der Waals surface area contributed by atoms with Gasteiger partial charge in [-0.05, 0) is 37.0 Å². The molecule has 3 aromatic rings. The first-order chi connectivity index (χ1) is 15.2. The number of hydrogen-bond donors (Lipinski definition) is 5. The molecule has 0 aliphatic rings. The van der Waals surface area contributed by atoms with Crippen LogP contribution in [0.25, 0.3) is 11.2 Å². The van der Waals surface area contributed by atoms with E-state index >= 15 is 0 Å². The second-order valence-corrected chi connectivity index (χ2v) is 6.98. The summed E-state index contributed by atoms with van der Waals surface area (Å²) >= 11 is 0. The molecule has 0 aliphatic carbocycles. The Kier molecular flexibility index (Phi) is 6.73. The number of anilines is 1. The number of aliphatic carboxylic acids is 2. The maximum absolute atomic E-state index is 12.3. The standard InChI is InChI=1S/C20H20N6O6/c21-20-25-16-15(18(30)26-20)23-12(9-22-16)6-3-10-1-4-11(5-2-10)17(29)24-13(19(31)32)7-8-14(27)28/h1-2,4-5,9,13H,3,6-8H2,(H,24,29)(H,27,28)(H,31,32)(H3,21,22,25,26,30)/t13-/m0/s1. The third-order valence-electron chi connectivity index (χ3n) is 4.62. The molecule has 1 amide bonds. The number of H-pyrrole nitrogens is 1. The van der Waals surface area contributed by atoms with E-state index in [0.29, 0.717) is 18.5 Å². The van der Waals surface area contributed by atoms with Crippen molar-refractivity contribution in [1.29, 1.82) is 0 Å². The number of carboxylic acids is 2. The Hall–Kier alpha value is -4.35. The van der Waals surface area contributed by atoms with Crippen LogP contribution in [0.5, 0.6) is 0 Å². The lowest BCUT2D eigenvalue weighted by atomic mass is 10.1. The number of amides is 1. The number of nitrogens with one attached hydrogen (secondary N) is 2. The number of nitrogen functional groups attached to an aromatic ring is 1. The van der Waals surface area contributed by atoms with Gasteiger partial charge in [0.1, 0.15) is 6.04 Å². The Morgan fingerprint density at radius 1 is 1.09 bits per heavy atom. The van der Waals surface area contributed by atoms with Gasteiger partial charge in [0.15, 0.2) is 11.2 Å². The van der Waals surface area contributed by atoms with E-state index in [2.05, 4.69) is 25.3 Å². The second kappa shape index (κ2) is 9.64. The molecule has 12 nitrogen and oxygen atoms in total. The van der Waals surface area contributed by atoms with Crippen molar-refractivity contribution in [2.24, 2.45) is 0 Å². The van der Waals surface area contributed by atoms with Gasteiger partial charge in [0, 0.05) is 12.0 Å². The molecule has 2 heterocycles. The molecule has 1 atom stereocenters. The van der Waals surface area contributed by atoms with Crippen molar-refractivity contribution in [3.05, 3.63) is 57.6 Å². The summed E-state index contributed by atoms with van der Waals surface area (Å²) in [6.45, 7) is 0. The maximum Gasteiger partial charge on any atom is 0.326 e. The molecule has 0 saturated carbocycles. The Bertz CT molecular complexity index is 1220. The van der Waals surface area contributed by atoms with E-state index in [9.17, 15) is 19.2 Å². The fraction of sp³-hybridized carbons (Fsp3) is 0.250. The SMILES string of the molecule is Nc1nc2ncc(CCc3ccc(C(=O)N[C@@H](CCC(=O)O)C(=O)O)cc3)nc2c(=O)[nH]1. The Morgan fingerprint density at radius 3 is 2.47 bits per heavy atom. The number of nitrogens with two attached hydrogens (primary N) is 1. The zero-order valence-electron chi connectivity index (χ0n) is 16.7. The van der Waals surface area contributed by atoms with Gasteiger partial charge in [-0.2, -0.15) is 4.98 Å². The van der Waals surface area contributed by atoms with E-state index in [1.165, 1.54) is 6.20 Å². The van der Waals surface area contributed by atoms with E-state index in [4.69, 9.17) is 15.9 Å². The number of rotatable bonds is 9. The number of nitrogens with zero attached hydrogens (tertiary/aromatic N) is 3. The quantitative estimate of drug-likeness (QED) is 0.304. The van der Waals surface area contributed by atoms with Crippen LogP contribution in [0.4, 0.5) is 5.95 Å². The third kappa shape index (κ3) is 5.62. The number of aromatic nitrogens is 4. The Labute approximate surface area is 180 Å². The average molecular weight is 440 g/mol. The molecule has 1 aromatic carbocycles. The molecule has 166 valence electrons. The van der Waals surface area contributed by atoms with Gasteiger partial charge in [0.05, 0.1) is 11.9 Å². The molecular formula is C20H20N6O6. The van der Waals surface area contributed by atoms with E-state index in [0.717, 1.165) is 5.56 Å². The molecule has 0 fully saturated rings. The summed E-state index contributed by atoms with van der Waals surface area (Å²) in [5, 5.41) is 20.2. The molecule has 12 heteroatoms. The fourth-order valence-electron chi connectivity index (χ4n) is 2.95. The second-order valence-electron chi connectivity index (χ2n) is 6.98. The summed E-state index contributed by atoms with van der Waals surface area (Å²) in [5.74, 6) is -3.09. The highest BCUT2D eigenvalue weighted by atomic mass is 16.4. The number of carbonyl (C=O) groups excluding carboxylic acids is 1. The lowest BCUT2D eigenvalue weighted by Gasteiger charge is -2.13. The van der Waals surface area contributed by atoms with Crippen LogP contribution < -0.4 is 16.6 Å². The first-order valence-corrected chi connectivity index (χ1v) is 9.58. The van der Waals surface area contributed by atoms with E-state index in [-0.39, 0.29) is 35.5 Å². The van der Waals surface area contributed by atoms with Gasteiger partial charge in [-0.25, -0.2) is 14.8 Å². The van der Waals surface area contributed by atoms with E-state index < -0.39 is 29.4 Å². The fourth-order valence-corrected chi connectivity index (χ4v) is 2.95. The minimum absolute atomic E-state index is 0.0368. The van der Waals surface area contributed by atoms with Crippen molar-refractivity contribution in [2.75, 3.05) is 5.73 Å². The number of carbonyl (C=O) groups is 3. The van der Waals surface area contributed by atoms with Gasteiger partial charge >= 0.3 is 11.9 Å². The average Bonchev–Trinajstić information content (AvgIpc) is 2.75. The molecule has 2 aromatic heterocycles. The summed E-state index contributed by atoms with van der Waals surface area (Å²) in [5.41, 5.74) is 6.98. The molecular weight excluding hydrogens is 420 g/mol. The highest BCUT2D eigenvalue weighted by molar-refractivity contribution is 5.96. The van der Waals surface area contributed by atoms with Crippen molar-refractivity contribution in [1.82, 2.24) is 25.3 Å². The normalized spacial score (nSPS) is 11.8. The van der Waals surface area contributed by atoms with E-state index in [1.54, 1.807) is 24.3 Å².